The lowest BCUT2D eigenvalue weighted by atomic mass is 9.77. The average molecular weight is 206 g/mol. The third-order valence-corrected chi connectivity index (χ3v) is 3.63. The van der Waals surface area contributed by atoms with Crippen LogP contribution in [0.3, 0.4) is 0 Å². The van der Waals surface area contributed by atoms with E-state index in [1.165, 1.54) is 30.4 Å². The molecule has 1 unspecified atom stereocenters. The number of allylic oxidation sites excluding steroid dienone is 3. The lowest BCUT2D eigenvalue weighted by Gasteiger charge is -2.28. The Labute approximate surface area is 92.9 Å². The Morgan fingerprint density at radius 2 is 2.13 bits per heavy atom. The summed E-state index contributed by atoms with van der Waals surface area (Å²) in [5.41, 5.74) is 3.08. The van der Waals surface area contributed by atoms with Gasteiger partial charge in [0.1, 0.15) is 0 Å². The zero-order valence-electron chi connectivity index (χ0n) is 10.1. The Kier molecular flexibility index (Phi) is 2.76. The van der Waals surface area contributed by atoms with Crippen molar-refractivity contribution in [3.8, 4) is 0 Å². The average Bonchev–Trinajstić information content (AvgIpc) is 2.91. The second kappa shape index (κ2) is 3.79. The molecule has 1 nitrogen and oxygen atoms in total. The molecule has 0 saturated heterocycles. The molecule has 0 bridgehead atoms. The van der Waals surface area contributed by atoms with Gasteiger partial charge in [-0.2, -0.15) is 0 Å². The molecule has 0 heterocycles. The van der Waals surface area contributed by atoms with Gasteiger partial charge in [0.15, 0.2) is 0 Å². The molecule has 2 aliphatic rings. The van der Waals surface area contributed by atoms with Crippen molar-refractivity contribution in [2.45, 2.75) is 52.6 Å². The van der Waals surface area contributed by atoms with E-state index in [0.29, 0.717) is 11.3 Å². The summed E-state index contributed by atoms with van der Waals surface area (Å²) in [6.45, 7) is 6.74. The van der Waals surface area contributed by atoms with E-state index in [2.05, 4.69) is 32.9 Å². The van der Waals surface area contributed by atoms with E-state index in [-0.39, 0.29) is 6.10 Å². The Balaban J connectivity index is 2.10. The summed E-state index contributed by atoms with van der Waals surface area (Å²) in [5.74, 6) is 0.556. The summed E-state index contributed by atoms with van der Waals surface area (Å²) in [7, 11) is 0. The largest absolute Gasteiger partial charge is 0.389 e. The molecule has 0 aromatic rings. The van der Waals surface area contributed by atoms with Crippen LogP contribution in [0.15, 0.2) is 23.3 Å². The zero-order valence-corrected chi connectivity index (χ0v) is 10.1. The number of aliphatic hydroxyl groups is 1. The van der Waals surface area contributed by atoms with Gasteiger partial charge in [-0.15, -0.1) is 0 Å². The molecule has 1 saturated carbocycles. The lowest BCUT2D eigenvalue weighted by molar-refractivity contribution is 0.198. The van der Waals surface area contributed by atoms with Gasteiger partial charge in [-0.1, -0.05) is 31.6 Å². The van der Waals surface area contributed by atoms with Crippen LogP contribution in [0.5, 0.6) is 0 Å². The Bertz CT molecular complexity index is 305. The monoisotopic (exact) mass is 206 g/mol. The molecule has 1 N–H and O–H groups in total. The van der Waals surface area contributed by atoms with Gasteiger partial charge in [-0.05, 0) is 49.5 Å². The molecule has 0 aliphatic heterocycles. The standard InChI is InChI=1S/C14H22O/c1-10-9-14(2,3)7-6-12(10)8-13(15)11-4-5-11/h8-9,11,13,15H,4-7H2,1-3H3/b12-8+. The first-order valence-electron chi connectivity index (χ1n) is 6.06. The van der Waals surface area contributed by atoms with Gasteiger partial charge in [-0.25, -0.2) is 0 Å². The smallest absolute Gasteiger partial charge is 0.0754 e. The SMILES string of the molecule is CC1=CC(C)(C)CC/C1=C\C(O)C1CC1. The second-order valence-corrected chi connectivity index (χ2v) is 5.84. The van der Waals surface area contributed by atoms with Crippen LogP contribution in [0, 0.1) is 11.3 Å². The molecule has 84 valence electrons. The molecule has 0 aromatic carbocycles. The molecule has 1 heteroatoms. The number of hydrogen-bond acceptors (Lipinski definition) is 1. The maximum atomic E-state index is 9.89. The highest BCUT2D eigenvalue weighted by Gasteiger charge is 2.29. The van der Waals surface area contributed by atoms with E-state index in [1.807, 2.05) is 0 Å². The van der Waals surface area contributed by atoms with E-state index in [4.69, 9.17) is 0 Å². The highest BCUT2D eigenvalue weighted by atomic mass is 16.3. The summed E-state index contributed by atoms with van der Waals surface area (Å²) in [4.78, 5) is 0. The minimum Gasteiger partial charge on any atom is -0.389 e. The Morgan fingerprint density at radius 1 is 1.47 bits per heavy atom. The van der Waals surface area contributed by atoms with Gasteiger partial charge in [0.2, 0.25) is 0 Å². The van der Waals surface area contributed by atoms with Crippen molar-refractivity contribution in [3.05, 3.63) is 23.3 Å². The van der Waals surface area contributed by atoms with Gasteiger partial charge in [-0.3, -0.25) is 0 Å². The van der Waals surface area contributed by atoms with Gasteiger partial charge >= 0.3 is 0 Å². The summed E-state index contributed by atoms with van der Waals surface area (Å²) >= 11 is 0. The summed E-state index contributed by atoms with van der Waals surface area (Å²) in [6, 6.07) is 0. The normalized spacial score (nSPS) is 30.1. The van der Waals surface area contributed by atoms with E-state index >= 15 is 0 Å². The van der Waals surface area contributed by atoms with Gasteiger partial charge in [0.05, 0.1) is 6.10 Å². The quantitative estimate of drug-likeness (QED) is 0.733. The number of aliphatic hydroxyl groups excluding tert-OH is 1. The van der Waals surface area contributed by atoms with Gasteiger partial charge in [0.25, 0.3) is 0 Å². The molecule has 0 spiro atoms. The predicted octanol–water partition coefficient (Wildman–Crippen LogP) is 3.45. The van der Waals surface area contributed by atoms with Crippen molar-refractivity contribution in [1.29, 1.82) is 0 Å². The summed E-state index contributed by atoms with van der Waals surface area (Å²) in [5, 5.41) is 9.89. The van der Waals surface area contributed by atoms with Crippen LogP contribution in [-0.4, -0.2) is 11.2 Å². The topological polar surface area (TPSA) is 20.2 Å². The molecule has 15 heavy (non-hydrogen) atoms. The maximum Gasteiger partial charge on any atom is 0.0754 e. The molecule has 1 atom stereocenters. The summed E-state index contributed by atoms with van der Waals surface area (Å²) in [6.07, 6.45) is 9.00. The maximum absolute atomic E-state index is 9.89. The van der Waals surface area contributed by atoms with E-state index < -0.39 is 0 Å². The number of rotatable bonds is 2. The van der Waals surface area contributed by atoms with Crippen molar-refractivity contribution >= 4 is 0 Å². The molecule has 1 fully saturated rings. The fourth-order valence-electron chi connectivity index (χ4n) is 2.40. The summed E-state index contributed by atoms with van der Waals surface area (Å²) < 4.78 is 0. The van der Waals surface area contributed by atoms with Crippen LogP contribution in [0.4, 0.5) is 0 Å². The Morgan fingerprint density at radius 3 is 2.67 bits per heavy atom. The minimum absolute atomic E-state index is 0.190. The van der Waals surface area contributed by atoms with Crippen molar-refractivity contribution in [2.24, 2.45) is 11.3 Å². The van der Waals surface area contributed by atoms with Crippen LogP contribution in [0.2, 0.25) is 0 Å². The molecule has 0 radical (unpaired) electrons. The predicted molar refractivity (Wildman–Crippen MR) is 63.6 cm³/mol. The third-order valence-electron chi connectivity index (χ3n) is 3.63. The molecule has 0 aromatic heterocycles. The second-order valence-electron chi connectivity index (χ2n) is 5.84. The lowest BCUT2D eigenvalue weighted by Crippen LogP contribution is -2.15. The van der Waals surface area contributed by atoms with Crippen molar-refractivity contribution in [2.75, 3.05) is 0 Å². The number of hydrogen-bond donors (Lipinski definition) is 1. The molecule has 0 amide bonds. The van der Waals surface area contributed by atoms with Crippen molar-refractivity contribution < 1.29 is 5.11 Å². The first-order valence-corrected chi connectivity index (χ1v) is 6.06. The van der Waals surface area contributed by atoms with Crippen LogP contribution in [0.25, 0.3) is 0 Å². The van der Waals surface area contributed by atoms with Crippen LogP contribution in [0.1, 0.15) is 46.5 Å². The fourth-order valence-corrected chi connectivity index (χ4v) is 2.40. The van der Waals surface area contributed by atoms with Gasteiger partial charge in [0, 0.05) is 0 Å². The minimum atomic E-state index is -0.190. The van der Waals surface area contributed by atoms with Crippen molar-refractivity contribution in [1.82, 2.24) is 0 Å². The third kappa shape index (κ3) is 2.72. The first-order chi connectivity index (χ1) is 6.98. The molecule has 2 rings (SSSR count). The van der Waals surface area contributed by atoms with Crippen LogP contribution < -0.4 is 0 Å². The first kappa shape index (κ1) is 10.9. The molecular formula is C14H22O. The van der Waals surface area contributed by atoms with E-state index in [9.17, 15) is 5.11 Å². The Hall–Kier alpha value is -0.560. The highest BCUT2D eigenvalue weighted by Crippen LogP contribution is 2.38. The molecule has 2 aliphatic carbocycles. The fraction of sp³-hybridized carbons (Fsp3) is 0.714. The zero-order chi connectivity index (χ0) is 11.1. The highest BCUT2D eigenvalue weighted by molar-refractivity contribution is 5.34. The van der Waals surface area contributed by atoms with Crippen molar-refractivity contribution in [3.63, 3.8) is 0 Å². The van der Waals surface area contributed by atoms with Gasteiger partial charge < -0.3 is 5.11 Å². The van der Waals surface area contributed by atoms with E-state index in [0.717, 1.165) is 6.42 Å². The van der Waals surface area contributed by atoms with Crippen LogP contribution in [-0.2, 0) is 0 Å². The van der Waals surface area contributed by atoms with Crippen LogP contribution >= 0.6 is 0 Å². The van der Waals surface area contributed by atoms with E-state index in [1.54, 1.807) is 0 Å². The molecular weight excluding hydrogens is 184 g/mol.